The van der Waals surface area contributed by atoms with Gasteiger partial charge < -0.3 is 14.6 Å². The molecule has 0 amide bonds. The van der Waals surface area contributed by atoms with E-state index in [0.717, 1.165) is 28.6 Å². The van der Waals surface area contributed by atoms with Crippen molar-refractivity contribution in [3.05, 3.63) is 77.1 Å². The number of sulfonamides is 1. The number of hydrogen-bond donors (Lipinski definition) is 1. The van der Waals surface area contributed by atoms with Gasteiger partial charge in [0.05, 0.1) is 33.1 Å². The van der Waals surface area contributed by atoms with Crippen molar-refractivity contribution in [3.63, 3.8) is 0 Å². The second-order valence-corrected chi connectivity index (χ2v) is 12.2. The van der Waals surface area contributed by atoms with Crippen molar-refractivity contribution in [2.75, 3.05) is 24.1 Å². The van der Waals surface area contributed by atoms with Crippen LogP contribution < -0.4 is 9.04 Å². The van der Waals surface area contributed by atoms with Crippen LogP contribution in [0.15, 0.2) is 65.6 Å². The molecule has 0 spiro atoms. The van der Waals surface area contributed by atoms with Crippen molar-refractivity contribution in [2.24, 2.45) is 5.41 Å². The molecule has 41 heavy (non-hydrogen) atoms. The second kappa shape index (κ2) is 10.8. The molecular weight excluding hydrogens is 590 g/mol. The fraction of sp³-hybridized carbons (Fsp3) is 0.321. The lowest BCUT2D eigenvalue weighted by Gasteiger charge is -2.40. The van der Waals surface area contributed by atoms with E-state index in [4.69, 9.17) is 21.1 Å². The molecule has 13 heteroatoms. The predicted molar refractivity (Wildman–Crippen MR) is 142 cm³/mol. The van der Waals surface area contributed by atoms with Crippen molar-refractivity contribution >= 4 is 33.3 Å². The molecule has 0 saturated carbocycles. The third kappa shape index (κ3) is 5.60. The summed E-state index contributed by atoms with van der Waals surface area (Å²) in [5.41, 5.74) is -1.78. The van der Waals surface area contributed by atoms with Gasteiger partial charge in [0.25, 0.3) is 10.0 Å². The minimum absolute atomic E-state index is 0.00663. The molecule has 2 aliphatic heterocycles. The van der Waals surface area contributed by atoms with E-state index in [1.807, 2.05) is 0 Å². The SMILES string of the molecule is O=C(O)C1(C[C@H]2CN(S(=O)(=O)c3cccc(C(F)(F)F)c3)c3cc(-c4cccc(F)c4Cl)ccc3O2)CCOCC1. The maximum atomic E-state index is 14.2. The summed E-state index contributed by atoms with van der Waals surface area (Å²) in [5.74, 6) is -1.69. The highest BCUT2D eigenvalue weighted by Gasteiger charge is 2.45. The van der Waals surface area contributed by atoms with Gasteiger partial charge in [0.15, 0.2) is 0 Å². The zero-order chi connectivity index (χ0) is 29.6. The molecule has 0 aromatic heterocycles. The molecule has 3 aromatic rings. The minimum Gasteiger partial charge on any atom is -0.486 e. The first-order valence-corrected chi connectivity index (χ1v) is 14.4. The van der Waals surface area contributed by atoms with Crippen LogP contribution in [0.1, 0.15) is 24.8 Å². The Labute approximate surface area is 238 Å². The maximum absolute atomic E-state index is 14.2. The van der Waals surface area contributed by atoms with Crippen molar-refractivity contribution in [1.29, 1.82) is 0 Å². The van der Waals surface area contributed by atoms with Crippen LogP contribution in [0.3, 0.4) is 0 Å². The molecule has 1 saturated heterocycles. The lowest BCUT2D eigenvalue weighted by Crippen LogP contribution is -2.48. The summed E-state index contributed by atoms with van der Waals surface area (Å²) in [5, 5.41) is 9.85. The average molecular weight is 614 g/mol. The Kier molecular flexibility index (Phi) is 7.68. The van der Waals surface area contributed by atoms with Gasteiger partial charge in [-0.2, -0.15) is 13.2 Å². The van der Waals surface area contributed by atoms with Gasteiger partial charge in [0.2, 0.25) is 0 Å². The van der Waals surface area contributed by atoms with Gasteiger partial charge in [-0.05, 0) is 54.8 Å². The van der Waals surface area contributed by atoms with Crippen LogP contribution in [-0.2, 0) is 25.7 Å². The van der Waals surface area contributed by atoms with Crippen LogP contribution >= 0.6 is 11.6 Å². The molecule has 2 aliphatic rings. The molecule has 0 aliphatic carbocycles. The van der Waals surface area contributed by atoms with E-state index in [1.165, 1.54) is 24.3 Å². The number of carbonyl (C=O) groups is 1. The Bertz CT molecular complexity index is 1590. The van der Waals surface area contributed by atoms with E-state index in [-0.39, 0.29) is 61.0 Å². The molecule has 0 unspecified atom stereocenters. The van der Waals surface area contributed by atoms with Gasteiger partial charge in [-0.3, -0.25) is 9.10 Å². The monoisotopic (exact) mass is 613 g/mol. The van der Waals surface area contributed by atoms with E-state index in [0.29, 0.717) is 11.6 Å². The summed E-state index contributed by atoms with van der Waals surface area (Å²) in [6, 6.07) is 11.9. The van der Waals surface area contributed by atoms with E-state index in [2.05, 4.69) is 0 Å². The highest BCUT2D eigenvalue weighted by Crippen LogP contribution is 2.45. The molecule has 218 valence electrons. The third-order valence-electron chi connectivity index (χ3n) is 7.42. The minimum atomic E-state index is -4.78. The average Bonchev–Trinajstić information content (AvgIpc) is 2.94. The predicted octanol–water partition coefficient (Wildman–Crippen LogP) is 6.39. The van der Waals surface area contributed by atoms with Crippen LogP contribution in [0.4, 0.5) is 23.2 Å². The van der Waals surface area contributed by atoms with Crippen molar-refractivity contribution in [1.82, 2.24) is 0 Å². The van der Waals surface area contributed by atoms with Crippen LogP contribution in [0.2, 0.25) is 5.02 Å². The van der Waals surface area contributed by atoms with E-state index in [1.54, 1.807) is 6.07 Å². The largest absolute Gasteiger partial charge is 0.486 e. The number of carboxylic acid groups (broad SMARTS) is 1. The molecule has 1 atom stereocenters. The second-order valence-electron chi connectivity index (χ2n) is 9.99. The summed E-state index contributed by atoms with van der Waals surface area (Å²) < 4.78 is 94.7. The smallest absolute Gasteiger partial charge is 0.416 e. The number of aliphatic carboxylic acids is 1. The summed E-state index contributed by atoms with van der Waals surface area (Å²) in [6.45, 7) is 0.0427. The van der Waals surface area contributed by atoms with Crippen LogP contribution in [0.5, 0.6) is 5.75 Å². The van der Waals surface area contributed by atoms with Gasteiger partial charge in [0.1, 0.15) is 17.7 Å². The number of carboxylic acids is 1. The normalized spacial score (nSPS) is 18.9. The molecule has 1 fully saturated rings. The summed E-state index contributed by atoms with van der Waals surface area (Å²) >= 11 is 6.16. The highest BCUT2D eigenvalue weighted by molar-refractivity contribution is 7.92. The fourth-order valence-corrected chi connectivity index (χ4v) is 6.98. The molecule has 7 nitrogen and oxygen atoms in total. The van der Waals surface area contributed by atoms with Gasteiger partial charge in [0, 0.05) is 25.2 Å². The van der Waals surface area contributed by atoms with Crippen molar-refractivity contribution in [3.8, 4) is 16.9 Å². The zero-order valence-corrected chi connectivity index (χ0v) is 22.9. The van der Waals surface area contributed by atoms with Gasteiger partial charge in [-0.25, -0.2) is 12.8 Å². The number of hydrogen-bond acceptors (Lipinski definition) is 5. The number of halogens is 5. The van der Waals surface area contributed by atoms with Crippen molar-refractivity contribution in [2.45, 2.75) is 36.4 Å². The highest BCUT2D eigenvalue weighted by atomic mass is 35.5. The number of nitrogens with zero attached hydrogens (tertiary/aromatic N) is 1. The lowest BCUT2D eigenvalue weighted by atomic mass is 9.75. The van der Waals surface area contributed by atoms with Gasteiger partial charge in [-0.1, -0.05) is 35.9 Å². The van der Waals surface area contributed by atoms with Gasteiger partial charge in [-0.15, -0.1) is 0 Å². The van der Waals surface area contributed by atoms with Crippen molar-refractivity contribution < 1.29 is 45.4 Å². The molecule has 5 rings (SSSR count). The Balaban J connectivity index is 1.61. The molecule has 0 bridgehead atoms. The first-order chi connectivity index (χ1) is 19.3. The quantitative estimate of drug-likeness (QED) is 0.324. The molecule has 2 heterocycles. The number of rotatable bonds is 6. The van der Waals surface area contributed by atoms with E-state index < -0.39 is 50.0 Å². The first kappa shape index (κ1) is 29.2. The summed E-state index contributed by atoms with van der Waals surface area (Å²) in [7, 11) is -4.62. The van der Waals surface area contributed by atoms with Crippen LogP contribution in [0.25, 0.3) is 11.1 Å². The molecule has 1 N–H and O–H groups in total. The van der Waals surface area contributed by atoms with E-state index in [9.17, 15) is 35.9 Å². The van der Waals surface area contributed by atoms with Crippen LogP contribution in [0, 0.1) is 11.2 Å². The Morgan fingerprint density at radius 2 is 1.78 bits per heavy atom. The lowest BCUT2D eigenvalue weighted by molar-refractivity contribution is -0.157. The zero-order valence-electron chi connectivity index (χ0n) is 21.3. The Morgan fingerprint density at radius 3 is 2.46 bits per heavy atom. The fourth-order valence-electron chi connectivity index (χ4n) is 5.20. The van der Waals surface area contributed by atoms with Crippen LogP contribution in [-0.4, -0.2) is 45.4 Å². The number of anilines is 1. The molecular formula is C28H24ClF4NO6S. The Hall–Kier alpha value is -3.35. The number of ether oxygens (including phenoxy) is 2. The standard InChI is InChI=1S/C28H24ClF4NO6S/c29-25-21(5-2-6-22(25)30)17-7-8-24-23(13-17)34(41(37,38)20-4-1-3-18(14-20)28(31,32)33)16-19(40-24)15-27(26(35)36)9-11-39-12-10-27/h1-8,13-14,19H,9-12,15-16H2,(H,35,36)/t19-/m0/s1. The Morgan fingerprint density at radius 1 is 1.07 bits per heavy atom. The molecule has 3 aromatic carbocycles. The number of benzene rings is 3. The van der Waals surface area contributed by atoms with E-state index >= 15 is 0 Å². The summed E-state index contributed by atoms with van der Waals surface area (Å²) in [6.07, 6.45) is -5.41. The first-order valence-electron chi connectivity index (χ1n) is 12.6. The molecule has 0 radical (unpaired) electrons. The topological polar surface area (TPSA) is 93.1 Å². The summed E-state index contributed by atoms with van der Waals surface area (Å²) in [4.78, 5) is 11.7. The van der Waals surface area contributed by atoms with Gasteiger partial charge >= 0.3 is 12.1 Å². The number of fused-ring (bicyclic) bond motifs is 1. The number of alkyl halides is 3. The maximum Gasteiger partial charge on any atom is 0.416 e. The third-order valence-corrected chi connectivity index (χ3v) is 9.58.